The maximum absolute atomic E-state index is 6.13. The van der Waals surface area contributed by atoms with Crippen LogP contribution in [-0.4, -0.2) is 15.1 Å². The van der Waals surface area contributed by atoms with Gasteiger partial charge in [-0.25, -0.2) is 0 Å². The molecule has 0 spiro atoms. The van der Waals surface area contributed by atoms with Gasteiger partial charge in [0.25, 0.3) is 0 Å². The molecule has 1 saturated carbocycles. The lowest BCUT2D eigenvalue weighted by atomic mass is 9.87. The average molecular weight is 300 g/mol. The Hall–Kier alpha value is -1.04. The van der Waals surface area contributed by atoms with Crippen molar-refractivity contribution in [3.63, 3.8) is 0 Å². The van der Waals surface area contributed by atoms with Gasteiger partial charge in [-0.15, -0.1) is 5.92 Å². The molecule has 1 aliphatic rings. The molecule has 1 aromatic rings. The minimum Gasteiger partial charge on any atom is -0.413 e. The number of aryl methyl sites for hydroxylation is 1. The molecule has 1 radical (unpaired) electrons. The second-order valence-electron chi connectivity index (χ2n) is 6.12. The summed E-state index contributed by atoms with van der Waals surface area (Å²) >= 11 is 0. The van der Waals surface area contributed by atoms with Crippen LogP contribution in [0.2, 0.25) is 13.1 Å². The summed E-state index contributed by atoms with van der Waals surface area (Å²) in [6.07, 6.45) is 8.77. The summed E-state index contributed by atoms with van der Waals surface area (Å²) in [5, 5.41) is 0. The topological polar surface area (TPSA) is 9.23 Å². The summed E-state index contributed by atoms with van der Waals surface area (Å²) in [6.45, 7) is 4.45. The Morgan fingerprint density at radius 2 is 1.90 bits per heavy atom. The van der Waals surface area contributed by atoms with Crippen molar-refractivity contribution in [3.8, 4) is 11.8 Å². The van der Waals surface area contributed by atoms with Crippen molar-refractivity contribution in [2.24, 2.45) is 5.92 Å². The molecular weight excluding hydrogens is 272 g/mol. The van der Waals surface area contributed by atoms with Crippen molar-refractivity contribution < 1.29 is 4.43 Å². The highest BCUT2D eigenvalue weighted by atomic mass is 28.3. The van der Waals surface area contributed by atoms with E-state index in [0.717, 1.165) is 19.3 Å². The van der Waals surface area contributed by atoms with Gasteiger partial charge in [-0.3, -0.25) is 0 Å². The summed E-state index contributed by atoms with van der Waals surface area (Å²) in [5.74, 6) is 7.40. The second-order valence-corrected chi connectivity index (χ2v) is 8.17. The average Bonchev–Trinajstić information content (AvgIpc) is 2.49. The zero-order chi connectivity index (χ0) is 14.9. The van der Waals surface area contributed by atoms with E-state index in [1.165, 1.54) is 31.2 Å². The van der Waals surface area contributed by atoms with Gasteiger partial charge in [0, 0.05) is 12.3 Å². The molecule has 0 heterocycles. The SMILES string of the molecule is C[Si](C)O[C@@H]1CCCC[C@H]1C#CCCCc1ccccc1. The van der Waals surface area contributed by atoms with E-state index in [0.29, 0.717) is 12.0 Å². The van der Waals surface area contributed by atoms with Crippen LogP contribution in [0.5, 0.6) is 0 Å². The van der Waals surface area contributed by atoms with E-state index < -0.39 is 9.04 Å². The zero-order valence-corrected chi connectivity index (χ0v) is 14.4. The summed E-state index contributed by atoms with van der Waals surface area (Å²) in [5.41, 5.74) is 1.42. The fraction of sp³-hybridized carbons (Fsp3) is 0.579. The van der Waals surface area contributed by atoms with Crippen LogP contribution >= 0.6 is 0 Å². The van der Waals surface area contributed by atoms with Crippen molar-refractivity contribution in [2.75, 3.05) is 0 Å². The number of hydrogen-bond donors (Lipinski definition) is 0. The van der Waals surface area contributed by atoms with E-state index in [9.17, 15) is 0 Å². The molecule has 0 unspecified atom stereocenters. The van der Waals surface area contributed by atoms with E-state index in [2.05, 4.69) is 55.3 Å². The molecule has 1 nitrogen and oxygen atoms in total. The lowest BCUT2D eigenvalue weighted by Gasteiger charge is -2.29. The number of hydrogen-bond acceptors (Lipinski definition) is 1. The van der Waals surface area contributed by atoms with Crippen LogP contribution in [0.25, 0.3) is 0 Å². The maximum atomic E-state index is 6.13. The monoisotopic (exact) mass is 299 g/mol. The van der Waals surface area contributed by atoms with Crippen LogP contribution in [0.3, 0.4) is 0 Å². The lowest BCUT2D eigenvalue weighted by molar-refractivity contribution is 0.121. The van der Waals surface area contributed by atoms with E-state index in [1.54, 1.807) is 0 Å². The summed E-state index contributed by atoms with van der Waals surface area (Å²) in [4.78, 5) is 0. The highest BCUT2D eigenvalue weighted by molar-refractivity contribution is 6.48. The quantitative estimate of drug-likeness (QED) is 0.429. The standard InChI is InChI=1S/C19H27OSi/c1-21(2)20-19-16-10-9-15-18(19)14-8-4-7-13-17-11-5-3-6-12-17/h3,5-6,11-12,18-19H,4,7,9-10,13,15-16H2,1-2H3/t18-,19-/m1/s1. The predicted molar refractivity (Wildman–Crippen MR) is 91.5 cm³/mol. The molecule has 21 heavy (non-hydrogen) atoms. The van der Waals surface area contributed by atoms with Crippen molar-refractivity contribution >= 4 is 9.04 Å². The molecule has 0 bridgehead atoms. The highest BCUT2D eigenvalue weighted by Crippen LogP contribution is 2.26. The molecule has 1 aliphatic carbocycles. The van der Waals surface area contributed by atoms with Crippen LogP contribution in [0, 0.1) is 17.8 Å². The first-order valence-corrected chi connectivity index (χ1v) is 10.7. The fourth-order valence-corrected chi connectivity index (χ4v) is 3.82. The first-order chi connectivity index (χ1) is 10.3. The van der Waals surface area contributed by atoms with E-state index in [4.69, 9.17) is 4.43 Å². The number of rotatable bonds is 5. The molecule has 1 aromatic carbocycles. The van der Waals surface area contributed by atoms with Gasteiger partial charge in [0.15, 0.2) is 0 Å². The first-order valence-electron chi connectivity index (χ1n) is 8.25. The third-order valence-corrected chi connectivity index (χ3v) is 4.76. The molecule has 0 N–H and O–H groups in total. The molecule has 2 rings (SSSR count). The molecule has 2 heteroatoms. The lowest BCUT2D eigenvalue weighted by Crippen LogP contribution is -2.30. The summed E-state index contributed by atoms with van der Waals surface area (Å²) < 4.78 is 6.13. The highest BCUT2D eigenvalue weighted by Gasteiger charge is 2.24. The third-order valence-electron chi connectivity index (χ3n) is 3.99. The van der Waals surface area contributed by atoms with Gasteiger partial charge >= 0.3 is 0 Å². The van der Waals surface area contributed by atoms with E-state index >= 15 is 0 Å². The predicted octanol–water partition coefficient (Wildman–Crippen LogP) is 4.84. The van der Waals surface area contributed by atoms with Gasteiger partial charge < -0.3 is 4.43 Å². The van der Waals surface area contributed by atoms with Gasteiger partial charge in [0.05, 0.1) is 6.10 Å². The Morgan fingerprint density at radius 3 is 2.67 bits per heavy atom. The Bertz CT molecular complexity index is 457. The van der Waals surface area contributed by atoms with Crippen LogP contribution in [0.15, 0.2) is 30.3 Å². The zero-order valence-electron chi connectivity index (χ0n) is 13.4. The van der Waals surface area contributed by atoms with Crippen molar-refractivity contribution in [1.29, 1.82) is 0 Å². The Labute approximate surface area is 131 Å². The maximum Gasteiger partial charge on any atom is 0.205 e. The Balaban J connectivity index is 1.75. The van der Waals surface area contributed by atoms with Crippen molar-refractivity contribution in [2.45, 2.75) is 64.1 Å². The van der Waals surface area contributed by atoms with Crippen LogP contribution in [-0.2, 0) is 10.8 Å². The first kappa shape index (κ1) is 16.3. The fourth-order valence-electron chi connectivity index (χ4n) is 2.93. The molecule has 113 valence electrons. The largest absolute Gasteiger partial charge is 0.413 e. The molecule has 1 fully saturated rings. The number of benzene rings is 1. The molecule has 0 aliphatic heterocycles. The molecular formula is C19H27OSi. The third kappa shape index (κ3) is 6.07. The van der Waals surface area contributed by atoms with E-state index in [1.807, 2.05) is 0 Å². The number of unbranched alkanes of at least 4 members (excludes halogenated alkanes) is 1. The molecule has 0 aromatic heterocycles. The van der Waals surface area contributed by atoms with Crippen LogP contribution in [0.4, 0.5) is 0 Å². The summed E-state index contributed by atoms with van der Waals surface area (Å²) in [7, 11) is -0.604. The molecule has 0 saturated heterocycles. The van der Waals surface area contributed by atoms with Crippen molar-refractivity contribution in [1.82, 2.24) is 0 Å². The van der Waals surface area contributed by atoms with Gasteiger partial charge in [-0.2, -0.15) is 0 Å². The van der Waals surface area contributed by atoms with Gasteiger partial charge in [0.1, 0.15) is 0 Å². The Kier molecular flexibility index (Phi) is 7.05. The van der Waals surface area contributed by atoms with Crippen LogP contribution < -0.4 is 0 Å². The minimum absolute atomic E-state index is 0.407. The second kappa shape index (κ2) is 9.07. The normalized spacial score (nSPS) is 21.9. The van der Waals surface area contributed by atoms with Gasteiger partial charge in [-0.1, -0.05) is 49.1 Å². The minimum atomic E-state index is -0.604. The smallest absolute Gasteiger partial charge is 0.205 e. The molecule has 2 atom stereocenters. The van der Waals surface area contributed by atoms with Crippen molar-refractivity contribution in [3.05, 3.63) is 35.9 Å². The van der Waals surface area contributed by atoms with Gasteiger partial charge in [-0.05, 0) is 44.3 Å². The summed E-state index contributed by atoms with van der Waals surface area (Å²) in [6, 6.07) is 10.7. The van der Waals surface area contributed by atoms with Crippen LogP contribution in [0.1, 0.15) is 44.1 Å². The molecule has 0 amide bonds. The van der Waals surface area contributed by atoms with Gasteiger partial charge in [0.2, 0.25) is 9.04 Å². The Morgan fingerprint density at radius 1 is 1.14 bits per heavy atom. The van der Waals surface area contributed by atoms with E-state index in [-0.39, 0.29) is 0 Å².